The molecular formula is C9H10F2O2. The molecule has 0 unspecified atom stereocenters. The molecule has 13 heavy (non-hydrogen) atoms. The summed E-state index contributed by atoms with van der Waals surface area (Å²) in [5.41, 5.74) is 0.0602. The van der Waals surface area contributed by atoms with Gasteiger partial charge in [0.05, 0.1) is 0 Å². The zero-order valence-corrected chi connectivity index (χ0v) is 7.38. The number of rotatable bonds is 3. The first-order valence-corrected chi connectivity index (χ1v) is 3.69. The zero-order valence-electron chi connectivity index (χ0n) is 7.38. The van der Waals surface area contributed by atoms with Crippen molar-refractivity contribution in [3.05, 3.63) is 35.4 Å². The molecule has 0 aromatic heterocycles. The maximum absolute atomic E-state index is 13.1. The fraction of sp³-hybridized carbons (Fsp3) is 0.333. The van der Waals surface area contributed by atoms with E-state index in [1.807, 2.05) is 0 Å². The molecule has 0 aliphatic carbocycles. The highest BCUT2D eigenvalue weighted by Gasteiger charge is 2.14. The highest BCUT2D eigenvalue weighted by atomic mass is 19.1. The molecule has 0 N–H and O–H groups in total. The van der Waals surface area contributed by atoms with Crippen LogP contribution in [0.25, 0.3) is 0 Å². The third kappa shape index (κ3) is 2.23. The van der Waals surface area contributed by atoms with Crippen molar-refractivity contribution in [3.63, 3.8) is 0 Å². The van der Waals surface area contributed by atoms with E-state index in [9.17, 15) is 8.78 Å². The highest BCUT2D eigenvalue weighted by molar-refractivity contribution is 5.19. The Morgan fingerprint density at radius 1 is 1.15 bits per heavy atom. The number of hydrogen-bond acceptors (Lipinski definition) is 2. The van der Waals surface area contributed by atoms with Crippen LogP contribution in [0.15, 0.2) is 18.2 Å². The maximum Gasteiger partial charge on any atom is 0.186 e. The van der Waals surface area contributed by atoms with Gasteiger partial charge in [-0.1, -0.05) is 0 Å². The average Bonchev–Trinajstić information content (AvgIpc) is 2.13. The molecule has 1 aromatic carbocycles. The van der Waals surface area contributed by atoms with Crippen LogP contribution in [0.3, 0.4) is 0 Å². The van der Waals surface area contributed by atoms with E-state index in [0.29, 0.717) is 0 Å². The first-order chi connectivity index (χ1) is 6.19. The standard InChI is InChI=1S/C9H10F2O2/c1-12-9(13-2)7-5-6(10)3-4-8(7)11/h3-5,9H,1-2H3. The van der Waals surface area contributed by atoms with Crippen LogP contribution >= 0.6 is 0 Å². The Labute approximate surface area is 75.1 Å². The van der Waals surface area contributed by atoms with Gasteiger partial charge in [0.1, 0.15) is 11.6 Å². The molecule has 0 aliphatic heterocycles. The summed E-state index contributed by atoms with van der Waals surface area (Å²) in [4.78, 5) is 0. The van der Waals surface area contributed by atoms with E-state index < -0.39 is 17.9 Å². The van der Waals surface area contributed by atoms with E-state index in [-0.39, 0.29) is 5.56 Å². The lowest BCUT2D eigenvalue weighted by molar-refractivity contribution is -0.108. The van der Waals surface area contributed by atoms with Crippen molar-refractivity contribution >= 4 is 0 Å². The van der Waals surface area contributed by atoms with E-state index >= 15 is 0 Å². The van der Waals surface area contributed by atoms with Gasteiger partial charge < -0.3 is 9.47 Å². The largest absolute Gasteiger partial charge is 0.352 e. The Kier molecular flexibility index (Phi) is 3.33. The number of benzene rings is 1. The summed E-state index contributed by atoms with van der Waals surface area (Å²) < 4.78 is 35.4. The fourth-order valence-corrected chi connectivity index (χ4v) is 1.05. The molecule has 0 amide bonds. The Bertz CT molecular complexity index is 285. The zero-order chi connectivity index (χ0) is 9.84. The van der Waals surface area contributed by atoms with Gasteiger partial charge >= 0.3 is 0 Å². The van der Waals surface area contributed by atoms with Crippen LogP contribution in [0, 0.1) is 11.6 Å². The highest BCUT2D eigenvalue weighted by Crippen LogP contribution is 2.21. The van der Waals surface area contributed by atoms with Crippen LogP contribution in [0.5, 0.6) is 0 Å². The second kappa shape index (κ2) is 4.30. The van der Waals surface area contributed by atoms with Crippen LogP contribution in [0.1, 0.15) is 11.9 Å². The molecule has 1 aromatic rings. The van der Waals surface area contributed by atoms with Gasteiger partial charge in [-0.25, -0.2) is 8.78 Å². The minimum absolute atomic E-state index is 0.0602. The molecular weight excluding hydrogens is 178 g/mol. The van der Waals surface area contributed by atoms with Crippen LogP contribution in [0.4, 0.5) is 8.78 Å². The van der Waals surface area contributed by atoms with Crippen LogP contribution in [-0.4, -0.2) is 14.2 Å². The van der Waals surface area contributed by atoms with Crippen molar-refractivity contribution in [2.75, 3.05) is 14.2 Å². The lowest BCUT2D eigenvalue weighted by Gasteiger charge is -2.13. The summed E-state index contributed by atoms with van der Waals surface area (Å²) in [6.07, 6.45) is -0.865. The summed E-state index contributed by atoms with van der Waals surface area (Å²) in [5, 5.41) is 0. The van der Waals surface area contributed by atoms with Crippen molar-refractivity contribution in [3.8, 4) is 0 Å². The number of methoxy groups -OCH3 is 2. The van der Waals surface area contributed by atoms with Gasteiger partial charge in [0, 0.05) is 19.8 Å². The monoisotopic (exact) mass is 188 g/mol. The smallest absolute Gasteiger partial charge is 0.186 e. The fourth-order valence-electron chi connectivity index (χ4n) is 1.05. The molecule has 1 rings (SSSR count). The van der Waals surface area contributed by atoms with Crippen LogP contribution < -0.4 is 0 Å². The van der Waals surface area contributed by atoms with Crippen molar-refractivity contribution in [1.82, 2.24) is 0 Å². The number of ether oxygens (including phenoxy) is 2. The molecule has 72 valence electrons. The van der Waals surface area contributed by atoms with Gasteiger partial charge in [-0.2, -0.15) is 0 Å². The third-order valence-electron chi connectivity index (χ3n) is 1.64. The van der Waals surface area contributed by atoms with Gasteiger partial charge in [0.15, 0.2) is 6.29 Å². The van der Waals surface area contributed by atoms with E-state index in [2.05, 4.69) is 0 Å². The van der Waals surface area contributed by atoms with Crippen molar-refractivity contribution in [1.29, 1.82) is 0 Å². The van der Waals surface area contributed by atoms with E-state index in [0.717, 1.165) is 18.2 Å². The normalized spacial score (nSPS) is 10.8. The summed E-state index contributed by atoms with van der Waals surface area (Å²) in [6.45, 7) is 0. The van der Waals surface area contributed by atoms with Gasteiger partial charge in [-0.05, 0) is 18.2 Å². The molecule has 0 heterocycles. The minimum atomic E-state index is -0.865. The predicted octanol–water partition coefficient (Wildman–Crippen LogP) is 2.26. The van der Waals surface area contributed by atoms with Gasteiger partial charge in [-0.3, -0.25) is 0 Å². The molecule has 0 bridgehead atoms. The summed E-state index contributed by atoms with van der Waals surface area (Å²) in [5.74, 6) is -1.06. The number of halogens is 2. The third-order valence-corrected chi connectivity index (χ3v) is 1.64. The van der Waals surface area contributed by atoms with Crippen LogP contribution in [0.2, 0.25) is 0 Å². The molecule has 0 spiro atoms. The van der Waals surface area contributed by atoms with Crippen LogP contribution in [-0.2, 0) is 9.47 Å². The molecule has 0 atom stereocenters. The van der Waals surface area contributed by atoms with Gasteiger partial charge in [0.2, 0.25) is 0 Å². The Hall–Kier alpha value is -1.00. The summed E-state index contributed by atoms with van der Waals surface area (Å²) in [6, 6.07) is 3.13. The maximum atomic E-state index is 13.1. The Balaban J connectivity index is 3.03. The molecule has 0 saturated heterocycles. The lowest BCUT2D eigenvalue weighted by atomic mass is 10.2. The minimum Gasteiger partial charge on any atom is -0.352 e. The van der Waals surface area contributed by atoms with Crippen molar-refractivity contribution < 1.29 is 18.3 Å². The van der Waals surface area contributed by atoms with E-state index in [1.165, 1.54) is 14.2 Å². The SMILES string of the molecule is COC(OC)c1cc(F)ccc1F. The first-order valence-electron chi connectivity index (χ1n) is 3.69. The van der Waals surface area contributed by atoms with E-state index in [1.54, 1.807) is 0 Å². The molecule has 0 fully saturated rings. The number of hydrogen-bond donors (Lipinski definition) is 0. The summed E-state index contributed by atoms with van der Waals surface area (Å²) >= 11 is 0. The lowest BCUT2D eigenvalue weighted by Crippen LogP contribution is -2.06. The quantitative estimate of drug-likeness (QED) is 0.677. The van der Waals surface area contributed by atoms with Gasteiger partial charge in [0.25, 0.3) is 0 Å². The Morgan fingerprint density at radius 3 is 2.31 bits per heavy atom. The molecule has 2 nitrogen and oxygen atoms in total. The molecule has 4 heteroatoms. The summed E-state index contributed by atoms with van der Waals surface area (Å²) in [7, 11) is 2.72. The Morgan fingerprint density at radius 2 is 1.77 bits per heavy atom. The van der Waals surface area contributed by atoms with E-state index in [4.69, 9.17) is 9.47 Å². The van der Waals surface area contributed by atoms with Crippen molar-refractivity contribution in [2.24, 2.45) is 0 Å². The molecule has 0 aliphatic rings. The van der Waals surface area contributed by atoms with Gasteiger partial charge in [-0.15, -0.1) is 0 Å². The first kappa shape index (κ1) is 10.1. The predicted molar refractivity (Wildman–Crippen MR) is 43.1 cm³/mol. The molecule has 0 radical (unpaired) electrons. The van der Waals surface area contributed by atoms with Crippen molar-refractivity contribution in [2.45, 2.75) is 6.29 Å². The average molecular weight is 188 g/mol. The topological polar surface area (TPSA) is 18.5 Å². The second-order valence-corrected chi connectivity index (χ2v) is 2.47. The second-order valence-electron chi connectivity index (χ2n) is 2.47. The molecule has 0 saturated carbocycles.